The lowest BCUT2D eigenvalue weighted by molar-refractivity contribution is -0.136. The number of carbonyl (C=O) groups excluding carboxylic acids is 2. The fraction of sp³-hybridized carbons (Fsp3) is 0.667. The van der Waals surface area contributed by atoms with E-state index in [1.165, 1.54) is 6.26 Å². The first kappa shape index (κ1) is 17.0. The number of carbonyl (C=O) groups is 2. The van der Waals surface area contributed by atoms with Crippen LogP contribution in [0.15, 0.2) is 22.8 Å². The zero-order valence-electron chi connectivity index (χ0n) is 14.3. The van der Waals surface area contributed by atoms with Crippen molar-refractivity contribution in [2.75, 3.05) is 32.8 Å². The molecule has 0 bridgehead atoms. The molecule has 0 saturated carbocycles. The molecule has 1 aromatic rings. The van der Waals surface area contributed by atoms with Gasteiger partial charge in [0.15, 0.2) is 5.76 Å². The first-order valence-electron chi connectivity index (χ1n) is 8.91. The van der Waals surface area contributed by atoms with E-state index in [4.69, 9.17) is 9.15 Å². The number of hydrogen-bond donors (Lipinski definition) is 0. The summed E-state index contributed by atoms with van der Waals surface area (Å²) < 4.78 is 10.7. The Bertz CT molecular complexity index is 557. The maximum absolute atomic E-state index is 13.0. The number of piperidine rings is 1. The number of rotatable bonds is 5. The molecule has 6 heteroatoms. The summed E-state index contributed by atoms with van der Waals surface area (Å²) in [6.07, 6.45) is 5.12. The fourth-order valence-electron chi connectivity index (χ4n) is 3.64. The number of ether oxygens (including phenoxy) is 1. The van der Waals surface area contributed by atoms with Gasteiger partial charge in [-0.2, -0.15) is 0 Å². The highest BCUT2D eigenvalue weighted by atomic mass is 16.5. The van der Waals surface area contributed by atoms with Crippen molar-refractivity contribution in [1.29, 1.82) is 0 Å². The Hall–Kier alpha value is -1.82. The van der Waals surface area contributed by atoms with E-state index >= 15 is 0 Å². The molecule has 0 N–H and O–H groups in total. The van der Waals surface area contributed by atoms with Crippen LogP contribution >= 0.6 is 0 Å². The smallest absolute Gasteiger partial charge is 0.290 e. The van der Waals surface area contributed by atoms with Crippen LogP contribution < -0.4 is 0 Å². The second-order valence-corrected chi connectivity index (χ2v) is 6.59. The SMILES string of the molecule is CCOCC1CCN(C(=O)C2CCCCN2C(=O)c2ccco2)C1. The van der Waals surface area contributed by atoms with Crippen molar-refractivity contribution in [3.05, 3.63) is 24.2 Å². The summed E-state index contributed by atoms with van der Waals surface area (Å²) in [6.45, 7) is 5.51. The average Bonchev–Trinajstić information content (AvgIpc) is 3.30. The van der Waals surface area contributed by atoms with Gasteiger partial charge in [0.25, 0.3) is 5.91 Å². The Morgan fingerprint density at radius 2 is 2.17 bits per heavy atom. The monoisotopic (exact) mass is 334 g/mol. The van der Waals surface area contributed by atoms with Gasteiger partial charge in [-0.25, -0.2) is 0 Å². The molecule has 2 unspecified atom stereocenters. The average molecular weight is 334 g/mol. The molecule has 0 spiro atoms. The fourth-order valence-corrected chi connectivity index (χ4v) is 3.64. The lowest BCUT2D eigenvalue weighted by atomic mass is 10.0. The van der Waals surface area contributed by atoms with Gasteiger partial charge in [-0.1, -0.05) is 0 Å². The Kier molecular flexibility index (Phi) is 5.56. The first-order chi connectivity index (χ1) is 11.7. The van der Waals surface area contributed by atoms with Gasteiger partial charge in [0, 0.05) is 32.2 Å². The number of hydrogen-bond acceptors (Lipinski definition) is 4. The van der Waals surface area contributed by atoms with Crippen molar-refractivity contribution in [2.24, 2.45) is 5.92 Å². The molecular formula is C18H26N2O4. The van der Waals surface area contributed by atoms with Gasteiger partial charge in [-0.3, -0.25) is 9.59 Å². The van der Waals surface area contributed by atoms with Gasteiger partial charge in [-0.15, -0.1) is 0 Å². The first-order valence-corrected chi connectivity index (χ1v) is 8.91. The summed E-state index contributed by atoms with van der Waals surface area (Å²) in [5.74, 6) is 0.619. The summed E-state index contributed by atoms with van der Waals surface area (Å²) in [4.78, 5) is 29.2. The van der Waals surface area contributed by atoms with Crippen LogP contribution in [-0.4, -0.2) is 60.5 Å². The molecule has 132 valence electrons. The highest BCUT2D eigenvalue weighted by molar-refractivity contribution is 5.95. The van der Waals surface area contributed by atoms with Crippen LogP contribution in [-0.2, 0) is 9.53 Å². The minimum Gasteiger partial charge on any atom is -0.459 e. The third-order valence-electron chi connectivity index (χ3n) is 4.94. The largest absolute Gasteiger partial charge is 0.459 e. The van der Waals surface area contributed by atoms with Gasteiger partial charge in [0.05, 0.1) is 12.9 Å². The molecule has 3 rings (SSSR count). The van der Waals surface area contributed by atoms with E-state index in [0.717, 1.165) is 38.8 Å². The molecular weight excluding hydrogens is 308 g/mol. The second-order valence-electron chi connectivity index (χ2n) is 6.59. The van der Waals surface area contributed by atoms with Gasteiger partial charge >= 0.3 is 0 Å². The molecule has 2 aliphatic heterocycles. The van der Waals surface area contributed by atoms with E-state index in [2.05, 4.69) is 0 Å². The Morgan fingerprint density at radius 3 is 2.92 bits per heavy atom. The minimum atomic E-state index is -0.359. The number of amides is 2. The Morgan fingerprint density at radius 1 is 1.29 bits per heavy atom. The molecule has 0 aromatic carbocycles. The van der Waals surface area contributed by atoms with Crippen LogP contribution in [0.2, 0.25) is 0 Å². The van der Waals surface area contributed by atoms with Crippen LogP contribution in [0.5, 0.6) is 0 Å². The molecule has 3 heterocycles. The minimum absolute atomic E-state index is 0.0774. The van der Waals surface area contributed by atoms with Crippen LogP contribution in [0.3, 0.4) is 0 Å². The molecule has 24 heavy (non-hydrogen) atoms. The van der Waals surface area contributed by atoms with Gasteiger partial charge in [0.1, 0.15) is 6.04 Å². The van der Waals surface area contributed by atoms with E-state index in [9.17, 15) is 9.59 Å². The zero-order valence-corrected chi connectivity index (χ0v) is 14.3. The summed E-state index contributed by atoms with van der Waals surface area (Å²) in [7, 11) is 0. The lowest BCUT2D eigenvalue weighted by Gasteiger charge is -2.36. The maximum atomic E-state index is 13.0. The maximum Gasteiger partial charge on any atom is 0.290 e. The van der Waals surface area contributed by atoms with E-state index < -0.39 is 0 Å². The molecule has 1 aromatic heterocycles. The van der Waals surface area contributed by atoms with Crippen LogP contribution in [0.4, 0.5) is 0 Å². The van der Waals surface area contributed by atoms with Crippen LogP contribution in [0, 0.1) is 5.92 Å². The van der Waals surface area contributed by atoms with Crippen LogP contribution in [0.25, 0.3) is 0 Å². The van der Waals surface area contributed by atoms with E-state index in [1.807, 2.05) is 11.8 Å². The highest BCUT2D eigenvalue weighted by Crippen LogP contribution is 2.25. The predicted octanol–water partition coefficient (Wildman–Crippen LogP) is 2.16. The van der Waals surface area contributed by atoms with Crippen molar-refractivity contribution in [3.63, 3.8) is 0 Å². The van der Waals surface area contributed by atoms with E-state index in [-0.39, 0.29) is 17.9 Å². The van der Waals surface area contributed by atoms with Gasteiger partial charge < -0.3 is 19.0 Å². The summed E-state index contributed by atoms with van der Waals surface area (Å²) >= 11 is 0. The van der Waals surface area contributed by atoms with Crippen molar-refractivity contribution >= 4 is 11.8 Å². The molecule has 2 amide bonds. The second kappa shape index (κ2) is 7.83. The lowest BCUT2D eigenvalue weighted by Crippen LogP contribution is -2.52. The summed E-state index contributed by atoms with van der Waals surface area (Å²) in [5.41, 5.74) is 0. The molecule has 2 fully saturated rings. The Labute approximate surface area is 142 Å². The zero-order chi connectivity index (χ0) is 16.9. The third-order valence-corrected chi connectivity index (χ3v) is 4.94. The molecule has 0 aliphatic carbocycles. The summed E-state index contributed by atoms with van der Waals surface area (Å²) in [5, 5.41) is 0. The molecule has 2 saturated heterocycles. The number of nitrogens with zero attached hydrogens (tertiary/aromatic N) is 2. The molecule has 0 radical (unpaired) electrons. The third kappa shape index (κ3) is 3.64. The molecule has 2 atom stereocenters. The molecule has 2 aliphatic rings. The molecule has 6 nitrogen and oxygen atoms in total. The van der Waals surface area contributed by atoms with Crippen LogP contribution in [0.1, 0.15) is 43.2 Å². The van der Waals surface area contributed by atoms with E-state index in [0.29, 0.717) is 31.4 Å². The highest BCUT2D eigenvalue weighted by Gasteiger charge is 2.38. The normalized spacial score (nSPS) is 24.4. The standard InChI is InChI=1S/C18H26N2O4/c1-2-23-13-14-8-10-19(12-14)17(21)15-6-3-4-9-20(15)18(22)16-7-5-11-24-16/h5,7,11,14-15H,2-4,6,8-10,12-13H2,1H3. The number of furan rings is 1. The van der Waals surface area contributed by atoms with Gasteiger partial charge in [-0.05, 0) is 44.7 Å². The van der Waals surface area contributed by atoms with Crippen molar-refractivity contribution in [3.8, 4) is 0 Å². The topological polar surface area (TPSA) is 63.0 Å². The number of likely N-dealkylation sites (tertiary alicyclic amines) is 2. The van der Waals surface area contributed by atoms with Crippen molar-refractivity contribution < 1.29 is 18.7 Å². The summed E-state index contributed by atoms with van der Waals surface area (Å²) in [6, 6.07) is 3.00. The van der Waals surface area contributed by atoms with Crippen molar-refractivity contribution in [1.82, 2.24) is 9.80 Å². The Balaban J connectivity index is 1.65. The van der Waals surface area contributed by atoms with E-state index in [1.54, 1.807) is 17.0 Å². The quantitative estimate of drug-likeness (QED) is 0.828. The van der Waals surface area contributed by atoms with Crippen molar-refractivity contribution in [2.45, 2.75) is 38.6 Å². The predicted molar refractivity (Wildman–Crippen MR) is 88.6 cm³/mol. The van der Waals surface area contributed by atoms with Gasteiger partial charge in [0.2, 0.25) is 5.91 Å².